The van der Waals surface area contributed by atoms with Gasteiger partial charge in [-0.05, 0) is 55.3 Å². The maximum atomic E-state index is 4.64. The van der Waals surface area contributed by atoms with Crippen molar-refractivity contribution in [2.75, 3.05) is 35.0 Å². The van der Waals surface area contributed by atoms with Crippen molar-refractivity contribution in [3.8, 4) is 0 Å². The summed E-state index contributed by atoms with van der Waals surface area (Å²) in [5, 5.41) is 7.58. The number of rotatable bonds is 7. The Hall–Kier alpha value is -3.13. The van der Waals surface area contributed by atoms with Gasteiger partial charge in [-0.1, -0.05) is 30.3 Å². The number of thioether (sulfide) groups is 1. The van der Waals surface area contributed by atoms with Crippen LogP contribution in [0, 0.1) is 0 Å². The van der Waals surface area contributed by atoms with E-state index in [1.165, 1.54) is 11.3 Å². The second kappa shape index (κ2) is 10.1. The second-order valence-corrected chi connectivity index (χ2v) is 7.84. The molecule has 2 heterocycles. The van der Waals surface area contributed by atoms with E-state index in [1.54, 1.807) is 18.0 Å². The number of hydrogen-bond acceptors (Lipinski definition) is 8. The Morgan fingerprint density at radius 3 is 2.37 bits per heavy atom. The van der Waals surface area contributed by atoms with Gasteiger partial charge in [0.25, 0.3) is 0 Å². The second-order valence-electron chi connectivity index (χ2n) is 6.96. The predicted octanol–water partition coefficient (Wildman–Crippen LogP) is 4.77. The maximum absolute atomic E-state index is 4.64. The summed E-state index contributed by atoms with van der Waals surface area (Å²) < 4.78 is 0. The van der Waals surface area contributed by atoms with Gasteiger partial charge in [-0.3, -0.25) is 0 Å². The summed E-state index contributed by atoms with van der Waals surface area (Å²) in [5.41, 5.74) is 4.90. The minimum atomic E-state index is 0.418. The Bertz CT molecular complexity index is 971. The van der Waals surface area contributed by atoms with Gasteiger partial charge in [-0.2, -0.15) is 20.1 Å². The standard InChI is InChI=1S/C22H25N7S/c1-30-19-12-10-17(11-13-19)16-23-28-21-25-20(24-18-8-4-2-5-9-18)26-22(27-21)29-14-6-3-7-15-29/h2,4-5,8-13,16H,3,6-7,14-15H2,1H3,(H2,24,25,26,27,28). The lowest BCUT2D eigenvalue weighted by atomic mass is 10.1. The molecule has 7 nitrogen and oxygen atoms in total. The molecular weight excluding hydrogens is 394 g/mol. The normalized spacial score (nSPS) is 14.1. The molecule has 0 aliphatic carbocycles. The lowest BCUT2D eigenvalue weighted by Crippen LogP contribution is -2.31. The van der Waals surface area contributed by atoms with Crippen LogP contribution in [-0.4, -0.2) is 40.5 Å². The zero-order chi connectivity index (χ0) is 20.6. The minimum absolute atomic E-state index is 0.418. The van der Waals surface area contributed by atoms with Gasteiger partial charge in [0.05, 0.1) is 6.21 Å². The molecule has 1 fully saturated rings. The number of nitrogens with zero attached hydrogens (tertiary/aromatic N) is 5. The van der Waals surface area contributed by atoms with Crippen molar-refractivity contribution >= 4 is 41.5 Å². The van der Waals surface area contributed by atoms with Crippen LogP contribution < -0.4 is 15.6 Å². The molecule has 4 rings (SSSR count). The molecule has 0 radical (unpaired) electrons. The molecule has 0 bridgehead atoms. The fourth-order valence-corrected chi connectivity index (χ4v) is 3.62. The van der Waals surface area contributed by atoms with Gasteiger partial charge in [-0.25, -0.2) is 5.43 Å². The smallest absolute Gasteiger partial charge is 0.250 e. The third-order valence-corrected chi connectivity index (χ3v) is 5.53. The van der Waals surface area contributed by atoms with Crippen LogP contribution in [0.3, 0.4) is 0 Å². The highest BCUT2D eigenvalue weighted by Gasteiger charge is 2.16. The molecule has 3 aromatic rings. The molecule has 1 aliphatic rings. The number of piperidine rings is 1. The van der Waals surface area contributed by atoms with Gasteiger partial charge in [0, 0.05) is 23.7 Å². The maximum Gasteiger partial charge on any atom is 0.250 e. The molecule has 1 aromatic heterocycles. The van der Waals surface area contributed by atoms with Crippen LogP contribution >= 0.6 is 11.8 Å². The summed E-state index contributed by atoms with van der Waals surface area (Å²) >= 11 is 1.72. The van der Waals surface area contributed by atoms with Crippen LogP contribution in [0.15, 0.2) is 64.6 Å². The monoisotopic (exact) mass is 419 g/mol. The topological polar surface area (TPSA) is 78.3 Å². The number of hydrazone groups is 1. The third kappa shape index (κ3) is 5.48. The fourth-order valence-electron chi connectivity index (χ4n) is 3.21. The lowest BCUT2D eigenvalue weighted by Gasteiger charge is -2.26. The van der Waals surface area contributed by atoms with Crippen LogP contribution in [0.1, 0.15) is 24.8 Å². The lowest BCUT2D eigenvalue weighted by molar-refractivity contribution is 0.568. The van der Waals surface area contributed by atoms with Crippen molar-refractivity contribution in [2.45, 2.75) is 24.2 Å². The molecule has 0 amide bonds. The van der Waals surface area contributed by atoms with Gasteiger partial charge in [0.1, 0.15) is 0 Å². The predicted molar refractivity (Wildman–Crippen MR) is 125 cm³/mol. The molecule has 1 aliphatic heterocycles. The zero-order valence-electron chi connectivity index (χ0n) is 17.0. The Balaban J connectivity index is 1.53. The van der Waals surface area contributed by atoms with E-state index in [2.05, 4.69) is 54.1 Å². The van der Waals surface area contributed by atoms with Crippen LogP contribution in [0.4, 0.5) is 23.5 Å². The summed E-state index contributed by atoms with van der Waals surface area (Å²) in [6.45, 7) is 1.92. The Labute approximate surface area is 181 Å². The van der Waals surface area contributed by atoms with E-state index in [4.69, 9.17) is 0 Å². The molecule has 1 saturated heterocycles. The summed E-state index contributed by atoms with van der Waals surface area (Å²) in [4.78, 5) is 17.2. The number of benzene rings is 2. The molecule has 8 heteroatoms. The van der Waals surface area contributed by atoms with Gasteiger partial charge in [-0.15, -0.1) is 11.8 Å². The third-order valence-electron chi connectivity index (χ3n) is 4.79. The highest BCUT2D eigenvalue weighted by Crippen LogP contribution is 2.20. The van der Waals surface area contributed by atoms with Crippen LogP contribution in [0.2, 0.25) is 0 Å². The number of hydrogen-bond donors (Lipinski definition) is 2. The van der Waals surface area contributed by atoms with Crippen molar-refractivity contribution in [1.29, 1.82) is 0 Å². The highest BCUT2D eigenvalue weighted by atomic mass is 32.2. The first-order valence-electron chi connectivity index (χ1n) is 10.1. The zero-order valence-corrected chi connectivity index (χ0v) is 17.8. The molecule has 30 heavy (non-hydrogen) atoms. The minimum Gasteiger partial charge on any atom is -0.341 e. The number of anilines is 4. The van der Waals surface area contributed by atoms with Crippen molar-refractivity contribution in [3.05, 3.63) is 60.2 Å². The molecule has 0 atom stereocenters. The van der Waals surface area contributed by atoms with Gasteiger partial charge in [0.2, 0.25) is 17.8 Å². The first-order chi connectivity index (χ1) is 14.8. The first-order valence-corrected chi connectivity index (χ1v) is 11.3. The van der Waals surface area contributed by atoms with Crippen LogP contribution in [0.5, 0.6) is 0 Å². The average molecular weight is 420 g/mol. The SMILES string of the molecule is CSc1ccc(C=NNc2nc(Nc3ccccc3)nc(N3CCCCC3)n2)cc1. The van der Waals surface area contributed by atoms with Crippen LogP contribution in [0.25, 0.3) is 0 Å². The summed E-state index contributed by atoms with van der Waals surface area (Å²) in [6.07, 6.45) is 7.38. The quantitative estimate of drug-likeness (QED) is 0.324. The Kier molecular flexibility index (Phi) is 6.76. The molecule has 0 spiro atoms. The average Bonchev–Trinajstić information content (AvgIpc) is 2.81. The molecule has 2 aromatic carbocycles. The summed E-state index contributed by atoms with van der Waals surface area (Å²) in [7, 11) is 0. The van der Waals surface area contributed by atoms with Crippen molar-refractivity contribution < 1.29 is 0 Å². The van der Waals surface area contributed by atoms with Gasteiger partial charge in [0.15, 0.2) is 0 Å². The largest absolute Gasteiger partial charge is 0.341 e. The van der Waals surface area contributed by atoms with E-state index in [9.17, 15) is 0 Å². The van der Waals surface area contributed by atoms with Gasteiger partial charge < -0.3 is 10.2 Å². The van der Waals surface area contributed by atoms with E-state index in [0.717, 1.165) is 37.2 Å². The number of para-hydroxylation sites is 1. The Morgan fingerprint density at radius 1 is 0.900 bits per heavy atom. The summed E-state index contributed by atoms with van der Waals surface area (Å²) in [6, 6.07) is 18.1. The van der Waals surface area contributed by atoms with E-state index in [-0.39, 0.29) is 0 Å². The van der Waals surface area contributed by atoms with E-state index >= 15 is 0 Å². The number of nitrogens with one attached hydrogen (secondary N) is 2. The first kappa shape index (κ1) is 20.2. The van der Waals surface area contributed by atoms with Crippen molar-refractivity contribution in [3.63, 3.8) is 0 Å². The molecule has 2 N–H and O–H groups in total. The van der Waals surface area contributed by atoms with E-state index in [0.29, 0.717) is 17.8 Å². The summed E-state index contributed by atoms with van der Waals surface area (Å²) in [5.74, 6) is 1.59. The molecule has 0 unspecified atom stereocenters. The highest BCUT2D eigenvalue weighted by molar-refractivity contribution is 7.98. The van der Waals surface area contributed by atoms with Crippen molar-refractivity contribution in [1.82, 2.24) is 15.0 Å². The number of aromatic nitrogens is 3. The molecule has 0 saturated carbocycles. The van der Waals surface area contributed by atoms with E-state index < -0.39 is 0 Å². The van der Waals surface area contributed by atoms with E-state index in [1.807, 2.05) is 42.5 Å². The fraction of sp³-hybridized carbons (Fsp3) is 0.273. The van der Waals surface area contributed by atoms with Crippen LogP contribution in [-0.2, 0) is 0 Å². The van der Waals surface area contributed by atoms with Crippen molar-refractivity contribution in [2.24, 2.45) is 5.10 Å². The molecule has 154 valence electrons. The molecular formula is C22H25N7S. The Morgan fingerprint density at radius 2 is 1.63 bits per heavy atom. The van der Waals surface area contributed by atoms with Gasteiger partial charge >= 0.3 is 0 Å².